The molecule has 1 aromatic carbocycles. The van der Waals surface area contributed by atoms with Gasteiger partial charge in [-0.05, 0) is 49.7 Å². The van der Waals surface area contributed by atoms with Crippen LogP contribution in [0.1, 0.15) is 33.2 Å². The normalized spacial score (nSPS) is 14.5. The molecule has 1 saturated heterocycles. The lowest BCUT2D eigenvalue weighted by atomic mass is 10.2. The third-order valence-corrected chi connectivity index (χ3v) is 5.28. The molecule has 0 spiro atoms. The first kappa shape index (κ1) is 20.0. The van der Waals surface area contributed by atoms with Gasteiger partial charge in [-0.2, -0.15) is 0 Å². The van der Waals surface area contributed by atoms with Gasteiger partial charge in [-0.25, -0.2) is 9.67 Å². The molecule has 0 saturated carbocycles. The molecule has 9 heteroatoms. The molecule has 154 valence electrons. The lowest BCUT2D eigenvalue weighted by molar-refractivity contribution is 0.0712. The molecule has 3 aromatic rings. The van der Waals surface area contributed by atoms with Crippen molar-refractivity contribution in [2.45, 2.75) is 13.3 Å². The molecule has 4 rings (SSSR count). The fourth-order valence-corrected chi connectivity index (χ4v) is 3.58. The Labute approximate surface area is 179 Å². The van der Waals surface area contributed by atoms with Crippen LogP contribution >= 0.6 is 11.6 Å². The molecule has 1 aliphatic rings. The van der Waals surface area contributed by atoms with Crippen molar-refractivity contribution in [3.63, 3.8) is 0 Å². The molecule has 2 amide bonds. The first-order valence-corrected chi connectivity index (χ1v) is 10.1. The van der Waals surface area contributed by atoms with E-state index >= 15 is 0 Å². The minimum absolute atomic E-state index is 0.0484. The first-order valence-electron chi connectivity index (χ1n) is 9.71. The molecule has 0 unspecified atom stereocenters. The van der Waals surface area contributed by atoms with Gasteiger partial charge in [0.25, 0.3) is 11.8 Å². The van der Waals surface area contributed by atoms with Crippen molar-refractivity contribution in [3.05, 3.63) is 71.0 Å². The highest BCUT2D eigenvalue weighted by Crippen LogP contribution is 2.16. The standard InChI is InChI=1S/C21H21ClN6O2/c1-15-24-19(25-28(15)18-5-3-17(22)4-6-18)21(30)27-12-2-11-26(13-14-27)20(29)16-7-9-23-10-8-16/h3-10H,2,11-14H2,1H3. The smallest absolute Gasteiger partial charge is 0.293 e. The second-order valence-electron chi connectivity index (χ2n) is 7.04. The van der Waals surface area contributed by atoms with Crippen molar-refractivity contribution in [1.29, 1.82) is 0 Å². The van der Waals surface area contributed by atoms with E-state index < -0.39 is 0 Å². The minimum Gasteiger partial charge on any atom is -0.337 e. The molecule has 0 atom stereocenters. The predicted octanol–water partition coefficient (Wildman–Crippen LogP) is 2.61. The van der Waals surface area contributed by atoms with Crippen molar-refractivity contribution in [2.75, 3.05) is 26.2 Å². The average Bonchev–Trinajstić information content (AvgIpc) is 2.99. The second kappa shape index (κ2) is 8.62. The third kappa shape index (κ3) is 4.18. The lowest BCUT2D eigenvalue weighted by Crippen LogP contribution is -2.37. The molecule has 0 aliphatic carbocycles. The number of nitrogens with zero attached hydrogens (tertiary/aromatic N) is 6. The molecule has 0 radical (unpaired) electrons. The summed E-state index contributed by atoms with van der Waals surface area (Å²) in [6.07, 6.45) is 3.90. The van der Waals surface area contributed by atoms with E-state index in [1.54, 1.807) is 58.1 Å². The summed E-state index contributed by atoms with van der Waals surface area (Å²) in [5, 5.41) is 5.03. The number of benzene rings is 1. The number of carbonyl (C=O) groups excluding carboxylic acids is 2. The molecule has 2 aromatic heterocycles. The van der Waals surface area contributed by atoms with Gasteiger partial charge in [0.1, 0.15) is 5.82 Å². The largest absolute Gasteiger partial charge is 0.337 e. The summed E-state index contributed by atoms with van der Waals surface area (Å²) in [5.74, 6) is 0.484. The number of rotatable bonds is 3. The van der Waals surface area contributed by atoms with Crippen molar-refractivity contribution in [3.8, 4) is 5.69 Å². The van der Waals surface area contributed by atoms with Crippen LogP contribution in [0, 0.1) is 6.92 Å². The fraction of sp³-hybridized carbons (Fsp3) is 0.286. The van der Waals surface area contributed by atoms with Gasteiger partial charge in [-0.1, -0.05) is 11.6 Å². The van der Waals surface area contributed by atoms with E-state index in [1.807, 2.05) is 12.1 Å². The molecule has 3 heterocycles. The van der Waals surface area contributed by atoms with Crippen LogP contribution < -0.4 is 0 Å². The van der Waals surface area contributed by atoms with Gasteiger partial charge < -0.3 is 9.80 Å². The summed E-state index contributed by atoms with van der Waals surface area (Å²) in [4.78, 5) is 37.5. The Morgan fingerprint density at radius 3 is 2.20 bits per heavy atom. The Balaban J connectivity index is 1.46. The number of hydrogen-bond donors (Lipinski definition) is 0. The van der Waals surface area contributed by atoms with E-state index in [-0.39, 0.29) is 17.6 Å². The van der Waals surface area contributed by atoms with Gasteiger partial charge in [-0.15, -0.1) is 5.10 Å². The van der Waals surface area contributed by atoms with Gasteiger partial charge in [-0.3, -0.25) is 14.6 Å². The molecule has 30 heavy (non-hydrogen) atoms. The Bertz CT molecular complexity index is 1050. The van der Waals surface area contributed by atoms with Crippen molar-refractivity contribution in [2.24, 2.45) is 0 Å². The van der Waals surface area contributed by atoms with Crippen molar-refractivity contribution < 1.29 is 9.59 Å². The summed E-state index contributed by atoms with van der Waals surface area (Å²) in [7, 11) is 0. The van der Waals surface area contributed by atoms with Gasteiger partial charge in [0.15, 0.2) is 0 Å². The van der Waals surface area contributed by atoms with E-state index in [2.05, 4.69) is 15.1 Å². The van der Waals surface area contributed by atoms with Crippen LogP contribution in [0.5, 0.6) is 0 Å². The lowest BCUT2D eigenvalue weighted by Gasteiger charge is -2.21. The number of hydrogen-bond acceptors (Lipinski definition) is 5. The van der Waals surface area contributed by atoms with Crippen LogP contribution in [0.4, 0.5) is 0 Å². The maximum atomic E-state index is 13.0. The van der Waals surface area contributed by atoms with Crippen LogP contribution in [0.25, 0.3) is 5.69 Å². The number of aromatic nitrogens is 4. The predicted molar refractivity (Wildman–Crippen MR) is 112 cm³/mol. The van der Waals surface area contributed by atoms with E-state index in [4.69, 9.17) is 11.6 Å². The highest BCUT2D eigenvalue weighted by Gasteiger charge is 2.26. The van der Waals surface area contributed by atoms with E-state index in [0.717, 1.165) is 5.69 Å². The topological polar surface area (TPSA) is 84.2 Å². The number of carbonyl (C=O) groups is 2. The zero-order chi connectivity index (χ0) is 21.1. The van der Waals surface area contributed by atoms with Crippen molar-refractivity contribution >= 4 is 23.4 Å². The van der Waals surface area contributed by atoms with E-state index in [9.17, 15) is 9.59 Å². The summed E-state index contributed by atoms with van der Waals surface area (Å²) >= 11 is 5.95. The van der Waals surface area contributed by atoms with Crippen LogP contribution in [-0.4, -0.2) is 67.5 Å². The molecular formula is C21H21ClN6O2. The highest BCUT2D eigenvalue weighted by molar-refractivity contribution is 6.30. The molecular weight excluding hydrogens is 404 g/mol. The van der Waals surface area contributed by atoms with Crippen LogP contribution in [0.15, 0.2) is 48.8 Å². The fourth-order valence-electron chi connectivity index (χ4n) is 3.45. The van der Waals surface area contributed by atoms with Gasteiger partial charge in [0.2, 0.25) is 5.82 Å². The Kier molecular flexibility index (Phi) is 5.76. The Morgan fingerprint density at radius 2 is 1.53 bits per heavy atom. The Morgan fingerprint density at radius 1 is 0.900 bits per heavy atom. The number of amides is 2. The summed E-state index contributed by atoms with van der Waals surface area (Å²) in [6.45, 7) is 3.84. The molecule has 0 N–H and O–H groups in total. The monoisotopic (exact) mass is 424 g/mol. The molecule has 1 aliphatic heterocycles. The Hall–Kier alpha value is -3.26. The van der Waals surface area contributed by atoms with Crippen LogP contribution in [-0.2, 0) is 0 Å². The summed E-state index contributed by atoms with van der Waals surface area (Å²) < 4.78 is 1.63. The van der Waals surface area contributed by atoms with Gasteiger partial charge in [0, 0.05) is 49.2 Å². The quantitative estimate of drug-likeness (QED) is 0.645. The van der Waals surface area contributed by atoms with Crippen LogP contribution in [0.3, 0.4) is 0 Å². The zero-order valence-electron chi connectivity index (χ0n) is 16.5. The molecule has 8 nitrogen and oxygen atoms in total. The summed E-state index contributed by atoms with van der Waals surface area (Å²) in [6, 6.07) is 10.6. The highest BCUT2D eigenvalue weighted by atomic mass is 35.5. The maximum Gasteiger partial charge on any atom is 0.293 e. The van der Waals surface area contributed by atoms with E-state index in [1.165, 1.54) is 0 Å². The molecule has 1 fully saturated rings. The maximum absolute atomic E-state index is 13.0. The first-order chi connectivity index (χ1) is 14.5. The van der Waals surface area contributed by atoms with E-state index in [0.29, 0.717) is 49.0 Å². The van der Waals surface area contributed by atoms with Gasteiger partial charge >= 0.3 is 0 Å². The average molecular weight is 425 g/mol. The minimum atomic E-state index is -0.232. The third-order valence-electron chi connectivity index (χ3n) is 5.03. The van der Waals surface area contributed by atoms with Crippen LogP contribution in [0.2, 0.25) is 5.02 Å². The number of halogens is 1. The zero-order valence-corrected chi connectivity index (χ0v) is 17.3. The second-order valence-corrected chi connectivity index (χ2v) is 7.48. The number of aryl methyl sites for hydroxylation is 1. The summed E-state index contributed by atoms with van der Waals surface area (Å²) in [5.41, 5.74) is 1.39. The van der Waals surface area contributed by atoms with Gasteiger partial charge in [0.05, 0.1) is 5.69 Å². The van der Waals surface area contributed by atoms with Crippen molar-refractivity contribution in [1.82, 2.24) is 29.5 Å². The number of pyridine rings is 1. The SMILES string of the molecule is Cc1nc(C(=O)N2CCCN(C(=O)c3ccncc3)CC2)nn1-c1ccc(Cl)cc1. The molecule has 0 bridgehead atoms.